The quantitative estimate of drug-likeness (QED) is 0.182. The summed E-state index contributed by atoms with van der Waals surface area (Å²) in [6.07, 6.45) is 6.58. The zero-order valence-electron chi connectivity index (χ0n) is 25.7. The molecule has 1 fully saturated rings. The first-order valence-corrected chi connectivity index (χ1v) is 15.5. The molecule has 44 heavy (non-hydrogen) atoms. The summed E-state index contributed by atoms with van der Waals surface area (Å²) in [5.74, 6) is 1.60. The molecule has 1 aliphatic carbocycles. The van der Waals surface area contributed by atoms with Gasteiger partial charge in [0, 0.05) is 50.9 Å². The smallest absolute Gasteiger partial charge is 0.258 e. The minimum absolute atomic E-state index is 0.123. The Morgan fingerprint density at radius 2 is 1.98 bits per heavy atom. The summed E-state index contributed by atoms with van der Waals surface area (Å²) in [5.41, 5.74) is 4.33. The third kappa shape index (κ3) is 5.44. The lowest BCUT2D eigenvalue weighted by Gasteiger charge is -2.27. The number of carbonyl (C=O) groups excluding carboxylic acids is 1. The van der Waals surface area contributed by atoms with E-state index in [0.717, 1.165) is 41.7 Å². The highest BCUT2D eigenvalue weighted by Gasteiger charge is 2.30. The van der Waals surface area contributed by atoms with Crippen molar-refractivity contribution in [3.63, 3.8) is 0 Å². The van der Waals surface area contributed by atoms with Crippen LogP contribution in [0.4, 0.5) is 8.78 Å². The summed E-state index contributed by atoms with van der Waals surface area (Å²) >= 11 is 0. The summed E-state index contributed by atoms with van der Waals surface area (Å²) in [6.45, 7) is 7.00. The number of hydrogen-bond donors (Lipinski definition) is 0. The van der Waals surface area contributed by atoms with E-state index < -0.39 is 19.1 Å². The topological polar surface area (TPSA) is 83.0 Å². The van der Waals surface area contributed by atoms with Crippen molar-refractivity contribution in [3.8, 4) is 17.3 Å². The zero-order chi connectivity index (χ0) is 31.0. The molecule has 0 radical (unpaired) electrons. The molecule has 0 spiro atoms. The van der Waals surface area contributed by atoms with E-state index in [-0.39, 0.29) is 5.91 Å². The molecule has 0 saturated heterocycles. The Labute approximate surface area is 255 Å². The maximum Gasteiger partial charge on any atom is 0.258 e. The first kappa shape index (κ1) is 29.8. The van der Waals surface area contributed by atoms with Crippen LogP contribution >= 0.6 is 0 Å². The molecule has 0 N–H and O–H groups in total. The van der Waals surface area contributed by atoms with Crippen LogP contribution in [0.3, 0.4) is 0 Å². The van der Waals surface area contributed by atoms with Gasteiger partial charge in [0.2, 0.25) is 0 Å². The Kier molecular flexibility index (Phi) is 8.38. The van der Waals surface area contributed by atoms with Crippen molar-refractivity contribution >= 4 is 28.0 Å². The van der Waals surface area contributed by atoms with Gasteiger partial charge in [-0.15, -0.1) is 0 Å². The van der Waals surface area contributed by atoms with Crippen molar-refractivity contribution in [1.29, 1.82) is 0 Å². The molecule has 2 aliphatic rings. The predicted octanol–water partition coefficient (Wildman–Crippen LogP) is 6.52. The van der Waals surface area contributed by atoms with Gasteiger partial charge in [-0.1, -0.05) is 26.0 Å². The minimum Gasteiger partial charge on any atom is -0.456 e. The van der Waals surface area contributed by atoms with Crippen molar-refractivity contribution < 1.29 is 18.3 Å². The molecule has 1 saturated carbocycles. The lowest BCUT2D eigenvalue weighted by atomic mass is 10.0. The third-order valence-electron chi connectivity index (χ3n) is 8.49. The number of halogens is 2. The number of benzene rings is 1. The summed E-state index contributed by atoms with van der Waals surface area (Å²) < 4.78 is 40.0. The fourth-order valence-electron chi connectivity index (χ4n) is 5.91. The number of aryl methyl sites for hydroxylation is 1. The first-order chi connectivity index (χ1) is 21.4. The molecule has 2 unspecified atom stereocenters. The zero-order valence-corrected chi connectivity index (χ0v) is 25.7. The van der Waals surface area contributed by atoms with E-state index in [2.05, 4.69) is 15.6 Å². The van der Waals surface area contributed by atoms with Crippen LogP contribution in [0, 0.1) is 5.92 Å². The Morgan fingerprint density at radius 3 is 2.70 bits per heavy atom. The van der Waals surface area contributed by atoms with Gasteiger partial charge in [0.1, 0.15) is 11.3 Å². The van der Waals surface area contributed by atoms with Crippen LogP contribution in [0.15, 0.2) is 49.1 Å². The molecule has 7 rings (SSSR count). The van der Waals surface area contributed by atoms with E-state index in [1.807, 2.05) is 49.7 Å². The molecule has 1 aromatic carbocycles. The Morgan fingerprint density at radius 1 is 1.16 bits per heavy atom. The maximum absolute atomic E-state index is 15.4. The number of carbonyl (C=O) groups is 1. The highest BCUT2D eigenvalue weighted by molar-refractivity contribution is 5.99. The Bertz CT molecular complexity index is 1770. The van der Waals surface area contributed by atoms with Gasteiger partial charge in [-0.3, -0.25) is 9.18 Å². The molecule has 4 aromatic heterocycles. The average Bonchev–Trinajstić information content (AvgIpc) is 3.40. The summed E-state index contributed by atoms with van der Waals surface area (Å²) in [7, 11) is 1.93. The number of alkyl halides is 2. The van der Waals surface area contributed by atoms with E-state index >= 15 is 4.39 Å². The second-order valence-corrected chi connectivity index (χ2v) is 11.4. The number of fused-ring (bicyclic) bond motifs is 3. The maximum atomic E-state index is 15.4. The van der Waals surface area contributed by atoms with Crippen LogP contribution in [0.5, 0.6) is 5.75 Å². The average molecular weight is 604 g/mol. The molecule has 2 atom stereocenters. The van der Waals surface area contributed by atoms with E-state index in [1.54, 1.807) is 35.1 Å². The monoisotopic (exact) mass is 603 g/mol. The van der Waals surface area contributed by atoms with Gasteiger partial charge in [-0.05, 0) is 50.3 Å². The largest absolute Gasteiger partial charge is 0.456 e. The number of pyridine rings is 1. The summed E-state index contributed by atoms with van der Waals surface area (Å²) in [5, 5.41) is 0.934. The predicted molar refractivity (Wildman–Crippen MR) is 166 cm³/mol. The van der Waals surface area contributed by atoms with Gasteiger partial charge in [0.25, 0.3) is 12.3 Å². The minimum atomic E-state index is -1.58. The molecule has 5 heterocycles. The van der Waals surface area contributed by atoms with Crippen LogP contribution in [0.2, 0.25) is 0 Å². The van der Waals surface area contributed by atoms with Crippen molar-refractivity contribution in [2.75, 3.05) is 19.8 Å². The molecule has 11 heteroatoms. The van der Waals surface area contributed by atoms with Crippen LogP contribution in [-0.4, -0.2) is 65.6 Å². The third-order valence-corrected chi connectivity index (χ3v) is 8.49. The molecule has 9 nitrogen and oxygen atoms in total. The van der Waals surface area contributed by atoms with Crippen molar-refractivity contribution in [2.45, 2.75) is 65.4 Å². The fraction of sp³-hybridized carbons (Fsp3) is 0.455. The van der Waals surface area contributed by atoms with Gasteiger partial charge in [0.05, 0.1) is 41.5 Å². The van der Waals surface area contributed by atoms with Gasteiger partial charge in [-0.25, -0.2) is 15.0 Å². The molecule has 1 amide bonds. The molecule has 5 aromatic rings. The number of imidazole rings is 2. The Balaban J connectivity index is 0.00000168. The van der Waals surface area contributed by atoms with Crippen molar-refractivity contribution in [1.82, 2.24) is 33.6 Å². The number of nitrogens with zero attached hydrogens (tertiary/aromatic N) is 7. The molecule has 1 aliphatic heterocycles. The Hall–Kier alpha value is -4.28. The van der Waals surface area contributed by atoms with E-state index in [9.17, 15) is 9.18 Å². The standard InChI is InChI=1S/C31H33F2N7O2.C2H6/c1-19(39-14-11-34-18-39)28(33)42-26-6-3-5-21-15-25(40(27(21)26)17-20-7-8-20)30-36-24-16-22-23(35-29(24)37(30)2)9-13-38(31(22)41)12-4-10-32;1-2/h3,5-6,11,14-16,18-20,28H,4,7-10,12-13,17H2,1-2H3;1-2H3. The van der Waals surface area contributed by atoms with Crippen LogP contribution in [0.1, 0.15) is 62.1 Å². The second kappa shape index (κ2) is 12.4. The normalized spacial score (nSPS) is 16.1. The fourth-order valence-corrected chi connectivity index (χ4v) is 5.91. The van der Waals surface area contributed by atoms with Crippen molar-refractivity contribution in [3.05, 3.63) is 60.3 Å². The lowest BCUT2D eigenvalue weighted by molar-refractivity contribution is 0.0249. The molecular weight excluding hydrogens is 564 g/mol. The highest BCUT2D eigenvalue weighted by atomic mass is 19.1. The molecular formula is C33H39F2N7O2. The van der Waals surface area contributed by atoms with Crippen molar-refractivity contribution in [2.24, 2.45) is 13.0 Å². The number of ether oxygens (including phenoxy) is 1. The number of aromatic nitrogens is 6. The van der Waals surface area contributed by atoms with Gasteiger partial charge >= 0.3 is 0 Å². The van der Waals surface area contributed by atoms with E-state index in [0.29, 0.717) is 60.2 Å². The van der Waals surface area contributed by atoms with Crippen LogP contribution in [-0.2, 0) is 20.0 Å². The van der Waals surface area contributed by atoms with Gasteiger partial charge < -0.3 is 23.3 Å². The van der Waals surface area contributed by atoms with Crippen LogP contribution in [0.25, 0.3) is 33.6 Å². The lowest BCUT2D eigenvalue weighted by Crippen LogP contribution is -2.38. The number of para-hydroxylation sites is 1. The van der Waals surface area contributed by atoms with Crippen LogP contribution < -0.4 is 4.74 Å². The number of hydrogen-bond acceptors (Lipinski definition) is 5. The number of rotatable bonds is 10. The van der Waals surface area contributed by atoms with E-state index in [1.165, 1.54) is 0 Å². The van der Waals surface area contributed by atoms with E-state index in [4.69, 9.17) is 14.7 Å². The number of amides is 1. The molecule has 232 valence electrons. The summed E-state index contributed by atoms with van der Waals surface area (Å²) in [6, 6.07) is 9.03. The first-order valence-electron chi connectivity index (χ1n) is 15.5. The van der Waals surface area contributed by atoms with Gasteiger partial charge in [0.15, 0.2) is 11.5 Å². The highest BCUT2D eigenvalue weighted by Crippen LogP contribution is 2.40. The second-order valence-electron chi connectivity index (χ2n) is 11.4. The molecule has 0 bridgehead atoms. The van der Waals surface area contributed by atoms with Gasteiger partial charge in [-0.2, -0.15) is 4.39 Å². The SMILES string of the molecule is CC.CC(C(F)Oc1cccc2cc(-c3nc4cc5c(nc4n3C)CCN(CCCF)C5=O)n(CC3CC3)c12)n1ccnc1. The summed E-state index contributed by atoms with van der Waals surface area (Å²) in [4.78, 5) is 28.7.